The maximum absolute atomic E-state index is 14.5. The van der Waals surface area contributed by atoms with Crippen molar-refractivity contribution in [3.05, 3.63) is 72.1 Å². The van der Waals surface area contributed by atoms with E-state index in [-0.39, 0.29) is 12.2 Å². The molecule has 0 spiro atoms. The Hall–Kier alpha value is -3.35. The highest BCUT2D eigenvalue weighted by Gasteiger charge is 2.13. The maximum atomic E-state index is 14.5. The molecule has 0 N–H and O–H groups in total. The number of ether oxygens (including phenoxy) is 1. The van der Waals surface area contributed by atoms with E-state index >= 15 is 0 Å². The molecule has 26 heavy (non-hydrogen) atoms. The summed E-state index contributed by atoms with van der Waals surface area (Å²) in [4.78, 5) is 4.17. The summed E-state index contributed by atoms with van der Waals surface area (Å²) < 4.78 is 21.5. The average molecular weight is 349 g/mol. The number of rotatable bonds is 5. The number of pyridine rings is 1. The average Bonchev–Trinajstić information content (AvgIpc) is 3.04. The Morgan fingerprint density at radius 2 is 2.12 bits per heavy atom. The van der Waals surface area contributed by atoms with Gasteiger partial charge >= 0.3 is 0 Å². The molecule has 0 amide bonds. The zero-order valence-corrected chi connectivity index (χ0v) is 14.2. The molecular weight excluding hydrogens is 333 g/mol. The van der Waals surface area contributed by atoms with Crippen molar-refractivity contribution >= 4 is 22.3 Å². The van der Waals surface area contributed by atoms with Crippen LogP contribution < -0.4 is 0 Å². The first kappa shape index (κ1) is 16.1. The van der Waals surface area contributed by atoms with E-state index in [0.717, 1.165) is 5.39 Å². The van der Waals surface area contributed by atoms with Crippen LogP contribution in [0.25, 0.3) is 22.3 Å². The van der Waals surface area contributed by atoms with Gasteiger partial charge in [0.1, 0.15) is 17.3 Å². The molecule has 3 aromatic heterocycles. The number of halogens is 1. The Bertz CT molecular complexity index is 1120. The van der Waals surface area contributed by atoms with Gasteiger partial charge < -0.3 is 4.74 Å². The summed E-state index contributed by atoms with van der Waals surface area (Å²) in [6, 6.07) is 10.5. The molecule has 130 valence electrons. The third-order valence-electron chi connectivity index (χ3n) is 4.05. The molecule has 6 nitrogen and oxygen atoms in total. The first-order valence-corrected chi connectivity index (χ1v) is 8.22. The van der Waals surface area contributed by atoms with Crippen LogP contribution >= 0.6 is 0 Å². The second kappa shape index (κ2) is 6.51. The van der Waals surface area contributed by atoms with Crippen molar-refractivity contribution < 1.29 is 9.13 Å². The molecule has 0 aliphatic carbocycles. The van der Waals surface area contributed by atoms with E-state index < -0.39 is 0 Å². The lowest BCUT2D eigenvalue weighted by atomic mass is 10.1. The number of aromatic nitrogens is 5. The molecule has 4 aromatic rings. The van der Waals surface area contributed by atoms with Gasteiger partial charge in [-0.05, 0) is 36.8 Å². The van der Waals surface area contributed by atoms with Crippen LogP contribution in [0.4, 0.5) is 4.39 Å². The van der Waals surface area contributed by atoms with Gasteiger partial charge in [-0.2, -0.15) is 9.61 Å². The van der Waals surface area contributed by atoms with E-state index in [1.807, 2.05) is 19.1 Å². The number of hydrogen-bond acceptors (Lipinski definition) is 5. The Kier molecular flexibility index (Phi) is 4.04. The SMILES string of the molecule is C=C(OCC)c1ccc2nnc(Cc3cc4cccnc4cc3F)n2n1. The largest absolute Gasteiger partial charge is 0.492 e. The summed E-state index contributed by atoms with van der Waals surface area (Å²) in [6.45, 7) is 6.25. The zero-order valence-electron chi connectivity index (χ0n) is 14.2. The first-order chi connectivity index (χ1) is 12.7. The minimum atomic E-state index is -0.331. The molecule has 0 radical (unpaired) electrons. The lowest BCUT2D eigenvalue weighted by molar-refractivity contribution is 0.297. The maximum Gasteiger partial charge on any atom is 0.177 e. The third-order valence-corrected chi connectivity index (χ3v) is 4.05. The van der Waals surface area contributed by atoms with Gasteiger partial charge in [0.25, 0.3) is 0 Å². The zero-order chi connectivity index (χ0) is 18.1. The topological polar surface area (TPSA) is 65.2 Å². The highest BCUT2D eigenvalue weighted by atomic mass is 19.1. The van der Waals surface area contributed by atoms with Crippen molar-refractivity contribution in [3.63, 3.8) is 0 Å². The second-order valence-electron chi connectivity index (χ2n) is 5.78. The molecule has 0 atom stereocenters. The van der Waals surface area contributed by atoms with Crippen molar-refractivity contribution in [1.82, 2.24) is 24.8 Å². The lowest BCUT2D eigenvalue weighted by Crippen LogP contribution is -2.05. The van der Waals surface area contributed by atoms with E-state index in [1.165, 1.54) is 6.07 Å². The fraction of sp³-hybridized carbons (Fsp3) is 0.158. The number of benzene rings is 1. The van der Waals surface area contributed by atoms with Crippen LogP contribution in [0.5, 0.6) is 0 Å². The van der Waals surface area contributed by atoms with E-state index in [1.54, 1.807) is 28.9 Å². The normalized spacial score (nSPS) is 11.2. The van der Waals surface area contributed by atoms with Crippen LogP contribution in [0.2, 0.25) is 0 Å². The van der Waals surface area contributed by atoms with Gasteiger partial charge in [0, 0.05) is 24.1 Å². The van der Waals surface area contributed by atoms with E-state index in [2.05, 4.69) is 26.9 Å². The number of hydrogen-bond donors (Lipinski definition) is 0. The molecule has 0 unspecified atom stereocenters. The molecule has 4 rings (SSSR count). The molecule has 0 saturated carbocycles. The smallest absolute Gasteiger partial charge is 0.177 e. The summed E-state index contributed by atoms with van der Waals surface area (Å²) in [5.41, 5.74) is 2.29. The fourth-order valence-electron chi connectivity index (χ4n) is 2.79. The van der Waals surface area contributed by atoms with Crippen molar-refractivity contribution in [1.29, 1.82) is 0 Å². The molecule has 0 aliphatic rings. The number of nitrogens with zero attached hydrogens (tertiary/aromatic N) is 5. The number of fused-ring (bicyclic) bond motifs is 2. The lowest BCUT2D eigenvalue weighted by Gasteiger charge is -2.07. The van der Waals surface area contributed by atoms with Gasteiger partial charge in [0.15, 0.2) is 11.5 Å². The van der Waals surface area contributed by atoms with Crippen LogP contribution in [0.3, 0.4) is 0 Å². The van der Waals surface area contributed by atoms with Crippen molar-refractivity contribution in [3.8, 4) is 0 Å². The highest BCUT2D eigenvalue weighted by Crippen LogP contribution is 2.20. The third kappa shape index (κ3) is 2.88. The van der Waals surface area contributed by atoms with Gasteiger partial charge in [0.05, 0.1) is 12.1 Å². The van der Waals surface area contributed by atoms with E-state index in [0.29, 0.717) is 40.6 Å². The van der Waals surface area contributed by atoms with Crippen LogP contribution in [0.15, 0.2) is 49.2 Å². The molecule has 3 heterocycles. The molecular formula is C19H16FN5O. The molecule has 0 aliphatic heterocycles. The van der Waals surface area contributed by atoms with Crippen molar-refractivity contribution in [2.75, 3.05) is 6.61 Å². The Balaban J connectivity index is 1.74. The van der Waals surface area contributed by atoms with Crippen LogP contribution in [0, 0.1) is 5.82 Å². The Labute approximate surface area is 149 Å². The van der Waals surface area contributed by atoms with Crippen LogP contribution in [-0.4, -0.2) is 31.4 Å². The molecule has 0 bridgehead atoms. The minimum absolute atomic E-state index is 0.259. The highest BCUT2D eigenvalue weighted by molar-refractivity contribution is 5.79. The Morgan fingerprint density at radius 3 is 2.96 bits per heavy atom. The van der Waals surface area contributed by atoms with E-state index in [4.69, 9.17) is 4.74 Å². The van der Waals surface area contributed by atoms with Gasteiger partial charge in [0.2, 0.25) is 0 Å². The van der Waals surface area contributed by atoms with Crippen LogP contribution in [-0.2, 0) is 11.2 Å². The summed E-state index contributed by atoms with van der Waals surface area (Å²) in [5, 5.41) is 13.6. The van der Waals surface area contributed by atoms with Gasteiger partial charge in [-0.3, -0.25) is 4.98 Å². The fourth-order valence-corrected chi connectivity index (χ4v) is 2.79. The van der Waals surface area contributed by atoms with Gasteiger partial charge in [-0.25, -0.2) is 4.39 Å². The second-order valence-corrected chi connectivity index (χ2v) is 5.78. The summed E-state index contributed by atoms with van der Waals surface area (Å²) in [5.74, 6) is 0.674. The molecule has 7 heteroatoms. The quantitative estimate of drug-likeness (QED) is 0.517. The molecule has 0 fully saturated rings. The van der Waals surface area contributed by atoms with Crippen molar-refractivity contribution in [2.24, 2.45) is 0 Å². The minimum Gasteiger partial charge on any atom is -0.492 e. The van der Waals surface area contributed by atoms with Gasteiger partial charge in [-0.15, -0.1) is 10.2 Å². The summed E-state index contributed by atoms with van der Waals surface area (Å²) >= 11 is 0. The predicted octanol–water partition coefficient (Wildman–Crippen LogP) is 3.41. The first-order valence-electron chi connectivity index (χ1n) is 8.22. The van der Waals surface area contributed by atoms with Crippen LogP contribution in [0.1, 0.15) is 24.0 Å². The summed E-state index contributed by atoms with van der Waals surface area (Å²) in [6.07, 6.45) is 1.90. The Morgan fingerprint density at radius 1 is 1.23 bits per heavy atom. The predicted molar refractivity (Wildman–Crippen MR) is 95.9 cm³/mol. The molecule has 1 aromatic carbocycles. The van der Waals surface area contributed by atoms with E-state index in [9.17, 15) is 4.39 Å². The van der Waals surface area contributed by atoms with Crippen molar-refractivity contribution in [2.45, 2.75) is 13.3 Å². The van der Waals surface area contributed by atoms with Gasteiger partial charge in [-0.1, -0.05) is 12.6 Å². The standard InChI is InChI=1S/C19H16FN5O/c1-3-26-12(2)16-6-7-18-22-23-19(25(18)24-16)10-14-9-13-5-4-8-21-17(13)11-15(14)20/h4-9,11H,2-3,10H2,1H3. The monoisotopic (exact) mass is 349 g/mol. The summed E-state index contributed by atoms with van der Waals surface area (Å²) in [7, 11) is 0. The molecule has 0 saturated heterocycles.